The van der Waals surface area contributed by atoms with E-state index in [1.54, 1.807) is 0 Å². The van der Waals surface area contributed by atoms with E-state index in [-0.39, 0.29) is 11.9 Å². The van der Waals surface area contributed by atoms with Crippen molar-refractivity contribution in [3.8, 4) is 5.75 Å². The Morgan fingerprint density at radius 3 is 2.92 bits per heavy atom. The number of aromatic nitrogens is 1. The van der Waals surface area contributed by atoms with Crippen molar-refractivity contribution in [3.63, 3.8) is 0 Å². The van der Waals surface area contributed by atoms with Crippen molar-refractivity contribution in [2.75, 3.05) is 0 Å². The molecule has 2 rings (SSSR count). The highest BCUT2D eigenvalue weighted by molar-refractivity contribution is 5.23. The molecule has 0 N–H and O–H groups in total. The smallest absolute Gasteiger partial charge is 0.173 e. The number of pyridine rings is 1. The van der Waals surface area contributed by atoms with Gasteiger partial charge in [0.05, 0.1) is 12.3 Å². The van der Waals surface area contributed by atoms with Crippen molar-refractivity contribution in [1.29, 1.82) is 0 Å². The normalized spacial score (nSPS) is 15.8. The predicted octanol–water partition coefficient (Wildman–Crippen LogP) is 2.32. The molecule has 0 spiro atoms. The van der Waals surface area contributed by atoms with Gasteiger partial charge in [0.25, 0.3) is 0 Å². The van der Waals surface area contributed by atoms with E-state index in [1.807, 2.05) is 6.92 Å². The second kappa shape index (κ2) is 3.32. The number of aryl methyl sites for hydroxylation is 1. The average Bonchev–Trinajstić information content (AvgIpc) is 2.92. The van der Waals surface area contributed by atoms with Gasteiger partial charge >= 0.3 is 0 Å². The van der Waals surface area contributed by atoms with Gasteiger partial charge in [-0.05, 0) is 25.3 Å². The number of hydrogen-bond donors (Lipinski definition) is 0. The van der Waals surface area contributed by atoms with Gasteiger partial charge in [-0.15, -0.1) is 0 Å². The van der Waals surface area contributed by atoms with Crippen LogP contribution in [-0.4, -0.2) is 11.1 Å². The Balaban J connectivity index is 2.15. The maximum atomic E-state index is 13.3. The van der Waals surface area contributed by atoms with Crippen LogP contribution >= 0.6 is 0 Å². The quantitative estimate of drug-likeness (QED) is 0.714. The van der Waals surface area contributed by atoms with Crippen molar-refractivity contribution in [1.82, 2.24) is 4.98 Å². The maximum Gasteiger partial charge on any atom is 0.173 e. The SMILES string of the molecule is CCc1cc(F)c(OC2CC2)cn1. The van der Waals surface area contributed by atoms with Gasteiger partial charge in [0.1, 0.15) is 0 Å². The molecule has 1 aromatic rings. The van der Waals surface area contributed by atoms with E-state index in [4.69, 9.17) is 4.74 Å². The molecule has 0 saturated heterocycles. The minimum Gasteiger partial charge on any atom is -0.486 e. The van der Waals surface area contributed by atoms with E-state index in [2.05, 4.69) is 4.98 Å². The topological polar surface area (TPSA) is 22.1 Å². The highest BCUT2D eigenvalue weighted by Crippen LogP contribution is 2.28. The number of ether oxygens (including phenoxy) is 1. The lowest BCUT2D eigenvalue weighted by atomic mass is 10.3. The summed E-state index contributed by atoms with van der Waals surface area (Å²) in [4.78, 5) is 4.07. The van der Waals surface area contributed by atoms with Crippen molar-refractivity contribution in [3.05, 3.63) is 23.8 Å². The van der Waals surface area contributed by atoms with Crippen LogP contribution in [0.4, 0.5) is 4.39 Å². The molecule has 1 heterocycles. The Morgan fingerprint density at radius 2 is 2.38 bits per heavy atom. The minimum absolute atomic E-state index is 0.226. The summed E-state index contributed by atoms with van der Waals surface area (Å²) in [5.41, 5.74) is 0.764. The first kappa shape index (κ1) is 8.48. The molecule has 0 aromatic carbocycles. The zero-order chi connectivity index (χ0) is 9.26. The third-order valence-corrected chi connectivity index (χ3v) is 2.06. The van der Waals surface area contributed by atoms with Crippen LogP contribution in [0.2, 0.25) is 0 Å². The number of halogens is 1. The Kier molecular flexibility index (Phi) is 2.17. The van der Waals surface area contributed by atoms with Crippen LogP contribution in [0.3, 0.4) is 0 Å². The van der Waals surface area contributed by atoms with Gasteiger partial charge in [0.2, 0.25) is 0 Å². The molecule has 0 atom stereocenters. The summed E-state index contributed by atoms with van der Waals surface area (Å²) in [5.74, 6) is -0.00144. The third-order valence-electron chi connectivity index (χ3n) is 2.06. The zero-order valence-electron chi connectivity index (χ0n) is 7.59. The molecule has 0 amide bonds. The van der Waals surface area contributed by atoms with Gasteiger partial charge in [-0.2, -0.15) is 0 Å². The fourth-order valence-electron chi connectivity index (χ4n) is 1.10. The van der Waals surface area contributed by atoms with Crippen molar-refractivity contribution in [2.24, 2.45) is 0 Å². The van der Waals surface area contributed by atoms with Crippen molar-refractivity contribution >= 4 is 0 Å². The fraction of sp³-hybridized carbons (Fsp3) is 0.500. The van der Waals surface area contributed by atoms with E-state index >= 15 is 0 Å². The van der Waals surface area contributed by atoms with Gasteiger partial charge in [0, 0.05) is 5.69 Å². The van der Waals surface area contributed by atoms with E-state index in [9.17, 15) is 4.39 Å². The van der Waals surface area contributed by atoms with Gasteiger partial charge < -0.3 is 4.74 Å². The molecule has 1 aliphatic rings. The molecule has 70 valence electrons. The minimum atomic E-state index is -0.293. The molecule has 3 heteroatoms. The monoisotopic (exact) mass is 181 g/mol. The Morgan fingerprint density at radius 1 is 1.62 bits per heavy atom. The van der Waals surface area contributed by atoms with E-state index < -0.39 is 0 Å². The van der Waals surface area contributed by atoms with Crippen molar-refractivity contribution in [2.45, 2.75) is 32.3 Å². The first-order chi connectivity index (χ1) is 6.29. The lowest BCUT2D eigenvalue weighted by Gasteiger charge is -2.05. The molecule has 13 heavy (non-hydrogen) atoms. The summed E-state index contributed by atoms with van der Waals surface area (Å²) in [6.07, 6.45) is 4.53. The molecular weight excluding hydrogens is 169 g/mol. The molecule has 1 fully saturated rings. The molecule has 1 aromatic heterocycles. The Labute approximate surface area is 76.7 Å². The van der Waals surface area contributed by atoms with Crippen LogP contribution in [0.25, 0.3) is 0 Å². The highest BCUT2D eigenvalue weighted by Gasteiger charge is 2.24. The highest BCUT2D eigenvalue weighted by atomic mass is 19.1. The molecule has 1 saturated carbocycles. The van der Waals surface area contributed by atoms with Crippen molar-refractivity contribution < 1.29 is 9.13 Å². The molecule has 0 radical (unpaired) electrons. The van der Waals surface area contributed by atoms with Crippen LogP contribution in [-0.2, 0) is 6.42 Å². The molecule has 0 aliphatic heterocycles. The summed E-state index contributed by atoms with van der Waals surface area (Å²) >= 11 is 0. The molecule has 2 nitrogen and oxygen atoms in total. The van der Waals surface area contributed by atoms with Gasteiger partial charge in [-0.25, -0.2) is 4.39 Å². The molecule has 1 aliphatic carbocycles. The number of rotatable bonds is 3. The lowest BCUT2D eigenvalue weighted by molar-refractivity contribution is 0.286. The summed E-state index contributed by atoms with van der Waals surface area (Å²) in [5, 5.41) is 0. The molecular formula is C10H12FNO. The third kappa shape index (κ3) is 1.97. The van der Waals surface area contributed by atoms with Gasteiger partial charge in [0.15, 0.2) is 11.6 Å². The van der Waals surface area contributed by atoms with Crippen LogP contribution < -0.4 is 4.74 Å². The molecule has 0 unspecified atom stereocenters. The average molecular weight is 181 g/mol. The van der Waals surface area contributed by atoms with E-state index in [1.165, 1.54) is 12.3 Å². The Hall–Kier alpha value is -1.12. The van der Waals surface area contributed by atoms with Crippen LogP contribution in [0, 0.1) is 5.82 Å². The van der Waals surface area contributed by atoms with E-state index in [0.29, 0.717) is 5.75 Å². The largest absolute Gasteiger partial charge is 0.486 e. The van der Waals surface area contributed by atoms with Crippen LogP contribution in [0.15, 0.2) is 12.3 Å². The maximum absolute atomic E-state index is 13.3. The second-order valence-electron chi connectivity index (χ2n) is 3.28. The summed E-state index contributed by atoms with van der Waals surface area (Å²) in [7, 11) is 0. The summed E-state index contributed by atoms with van der Waals surface area (Å²) in [6, 6.07) is 1.44. The number of nitrogens with zero attached hydrogens (tertiary/aromatic N) is 1. The van der Waals surface area contributed by atoms with Gasteiger partial charge in [-0.1, -0.05) is 6.92 Å². The van der Waals surface area contributed by atoms with Gasteiger partial charge in [-0.3, -0.25) is 4.98 Å². The first-order valence-electron chi connectivity index (χ1n) is 4.60. The molecule has 0 bridgehead atoms. The first-order valence-corrected chi connectivity index (χ1v) is 4.60. The lowest BCUT2D eigenvalue weighted by Crippen LogP contribution is -2.00. The Bertz CT molecular complexity index is 310. The summed E-state index contributed by atoms with van der Waals surface area (Å²) < 4.78 is 18.6. The standard InChI is InChI=1S/C10H12FNO/c1-2-7-5-9(11)10(6-12-7)13-8-3-4-8/h5-6,8H,2-4H2,1H3. The predicted molar refractivity (Wildman–Crippen MR) is 47.2 cm³/mol. The second-order valence-corrected chi connectivity index (χ2v) is 3.28. The number of hydrogen-bond acceptors (Lipinski definition) is 2. The fourth-order valence-corrected chi connectivity index (χ4v) is 1.10. The van der Waals surface area contributed by atoms with Crippen LogP contribution in [0.5, 0.6) is 5.75 Å². The van der Waals surface area contributed by atoms with E-state index in [0.717, 1.165) is 25.0 Å². The zero-order valence-corrected chi connectivity index (χ0v) is 7.59. The summed E-state index contributed by atoms with van der Waals surface area (Å²) in [6.45, 7) is 1.95. The van der Waals surface area contributed by atoms with Crippen LogP contribution in [0.1, 0.15) is 25.5 Å².